The second-order valence-corrected chi connectivity index (χ2v) is 4.33. The molecule has 0 radical (unpaired) electrons. The van der Waals surface area contributed by atoms with Crippen molar-refractivity contribution in [2.45, 2.75) is 6.54 Å². The normalized spacial score (nSPS) is 10.5. The summed E-state index contributed by atoms with van der Waals surface area (Å²) < 4.78 is 11.5. The number of halogens is 2. The van der Waals surface area contributed by atoms with Gasteiger partial charge in [0, 0.05) is 25.1 Å². The number of nitrogens with zero attached hydrogens (tertiary/aromatic N) is 1. The van der Waals surface area contributed by atoms with Crippen LogP contribution in [0.15, 0.2) is 21.6 Å². The number of aliphatic imine (C=N–C) groups is 1. The summed E-state index contributed by atoms with van der Waals surface area (Å²) in [6, 6.07) is 3.82. The number of benzene rings is 1. The van der Waals surface area contributed by atoms with Crippen LogP contribution in [0.2, 0.25) is 0 Å². The van der Waals surface area contributed by atoms with Crippen LogP contribution in [0.25, 0.3) is 0 Å². The van der Waals surface area contributed by atoms with E-state index in [2.05, 4.69) is 31.6 Å². The lowest BCUT2D eigenvalue weighted by Gasteiger charge is -2.13. The maximum atomic E-state index is 5.27. The van der Waals surface area contributed by atoms with E-state index in [1.165, 1.54) is 0 Å². The highest BCUT2D eigenvalue weighted by atomic mass is 127. The SMILES string of the molecule is CN=C(NC)NCc1cc(OC)c(OC)cc1Br.I. The van der Waals surface area contributed by atoms with Crippen LogP contribution < -0.4 is 20.1 Å². The van der Waals surface area contributed by atoms with Crippen molar-refractivity contribution in [2.24, 2.45) is 4.99 Å². The molecule has 1 aromatic rings. The fourth-order valence-corrected chi connectivity index (χ4v) is 1.95. The van der Waals surface area contributed by atoms with Crippen molar-refractivity contribution in [1.82, 2.24) is 10.6 Å². The van der Waals surface area contributed by atoms with Gasteiger partial charge in [-0.15, -0.1) is 24.0 Å². The van der Waals surface area contributed by atoms with Crippen molar-refractivity contribution in [3.05, 3.63) is 22.2 Å². The number of methoxy groups -OCH3 is 2. The van der Waals surface area contributed by atoms with Crippen LogP contribution in [0, 0.1) is 0 Å². The number of hydrogen-bond acceptors (Lipinski definition) is 3. The highest BCUT2D eigenvalue weighted by Gasteiger charge is 2.09. The maximum Gasteiger partial charge on any atom is 0.190 e. The van der Waals surface area contributed by atoms with E-state index >= 15 is 0 Å². The third kappa shape index (κ3) is 5.06. The van der Waals surface area contributed by atoms with Crippen LogP contribution >= 0.6 is 39.9 Å². The third-order valence-electron chi connectivity index (χ3n) is 2.46. The number of rotatable bonds is 4. The summed E-state index contributed by atoms with van der Waals surface area (Å²) in [5.74, 6) is 2.14. The molecule has 0 saturated carbocycles. The van der Waals surface area contributed by atoms with E-state index < -0.39 is 0 Å². The first-order valence-electron chi connectivity index (χ1n) is 5.45. The minimum absolute atomic E-state index is 0. The van der Waals surface area contributed by atoms with Crippen molar-refractivity contribution in [2.75, 3.05) is 28.3 Å². The quantitative estimate of drug-likeness (QED) is 0.426. The van der Waals surface area contributed by atoms with E-state index in [9.17, 15) is 0 Å². The molecule has 0 saturated heterocycles. The van der Waals surface area contributed by atoms with Gasteiger partial charge in [0.15, 0.2) is 17.5 Å². The van der Waals surface area contributed by atoms with Gasteiger partial charge >= 0.3 is 0 Å². The number of hydrogen-bond donors (Lipinski definition) is 2. The van der Waals surface area contributed by atoms with Gasteiger partial charge in [-0.3, -0.25) is 4.99 Å². The van der Waals surface area contributed by atoms with Gasteiger partial charge in [-0.05, 0) is 17.7 Å². The lowest BCUT2D eigenvalue weighted by Crippen LogP contribution is -2.34. The fraction of sp³-hybridized carbons (Fsp3) is 0.417. The maximum absolute atomic E-state index is 5.27. The van der Waals surface area contributed by atoms with Gasteiger partial charge in [0.05, 0.1) is 14.2 Å². The second-order valence-electron chi connectivity index (χ2n) is 3.47. The van der Waals surface area contributed by atoms with Gasteiger partial charge in [-0.1, -0.05) is 15.9 Å². The Bertz CT molecular complexity index is 441. The Hall–Kier alpha value is -0.700. The molecule has 0 fully saturated rings. The van der Waals surface area contributed by atoms with Crippen molar-refractivity contribution in [1.29, 1.82) is 0 Å². The van der Waals surface area contributed by atoms with Crippen molar-refractivity contribution >= 4 is 45.9 Å². The molecule has 108 valence electrons. The molecule has 0 unspecified atom stereocenters. The van der Waals surface area contributed by atoms with E-state index in [0.29, 0.717) is 18.0 Å². The minimum Gasteiger partial charge on any atom is -0.493 e. The van der Waals surface area contributed by atoms with Crippen LogP contribution in [0.3, 0.4) is 0 Å². The molecule has 0 aliphatic heterocycles. The highest BCUT2D eigenvalue weighted by molar-refractivity contribution is 14.0. The molecule has 0 aliphatic carbocycles. The monoisotopic (exact) mass is 443 g/mol. The summed E-state index contributed by atoms with van der Waals surface area (Å²) >= 11 is 3.51. The van der Waals surface area contributed by atoms with E-state index in [1.807, 2.05) is 19.2 Å². The summed E-state index contributed by atoms with van der Waals surface area (Å²) in [6.45, 7) is 0.633. The van der Waals surface area contributed by atoms with Gasteiger partial charge < -0.3 is 20.1 Å². The Morgan fingerprint density at radius 1 is 1.26 bits per heavy atom. The van der Waals surface area contributed by atoms with E-state index in [-0.39, 0.29) is 24.0 Å². The van der Waals surface area contributed by atoms with E-state index in [4.69, 9.17) is 9.47 Å². The predicted octanol–water partition coefficient (Wildman–Crippen LogP) is 2.38. The summed E-state index contributed by atoms with van der Waals surface area (Å²) in [7, 11) is 6.78. The second kappa shape index (κ2) is 9.24. The van der Waals surface area contributed by atoms with E-state index in [1.54, 1.807) is 21.3 Å². The Morgan fingerprint density at radius 3 is 2.32 bits per heavy atom. The zero-order valence-corrected chi connectivity index (χ0v) is 15.3. The Kier molecular flexibility index (Phi) is 8.90. The van der Waals surface area contributed by atoms with Crippen LogP contribution in [-0.4, -0.2) is 34.3 Å². The molecule has 5 nitrogen and oxygen atoms in total. The van der Waals surface area contributed by atoms with E-state index in [0.717, 1.165) is 16.0 Å². The summed E-state index contributed by atoms with van der Waals surface area (Å²) in [5.41, 5.74) is 1.06. The molecular weight excluding hydrogens is 425 g/mol. The molecule has 0 atom stereocenters. The first-order valence-corrected chi connectivity index (χ1v) is 6.24. The van der Waals surface area contributed by atoms with Gasteiger partial charge in [0.25, 0.3) is 0 Å². The van der Waals surface area contributed by atoms with Crippen molar-refractivity contribution < 1.29 is 9.47 Å². The molecule has 19 heavy (non-hydrogen) atoms. The molecule has 7 heteroatoms. The molecule has 0 spiro atoms. The molecule has 0 bridgehead atoms. The molecule has 0 amide bonds. The largest absolute Gasteiger partial charge is 0.493 e. The molecule has 2 N–H and O–H groups in total. The number of ether oxygens (including phenoxy) is 2. The first kappa shape index (κ1) is 18.3. The minimum atomic E-state index is 0. The summed E-state index contributed by atoms with van der Waals surface area (Å²) in [5, 5.41) is 6.14. The number of guanidine groups is 1. The molecule has 1 aromatic carbocycles. The van der Waals surface area contributed by atoms with Crippen LogP contribution in [-0.2, 0) is 6.54 Å². The predicted molar refractivity (Wildman–Crippen MR) is 91.9 cm³/mol. The Morgan fingerprint density at radius 2 is 1.84 bits per heavy atom. The van der Waals surface area contributed by atoms with Gasteiger partial charge in [0.2, 0.25) is 0 Å². The topological polar surface area (TPSA) is 54.9 Å². The molecule has 0 heterocycles. The zero-order valence-electron chi connectivity index (χ0n) is 11.4. The zero-order chi connectivity index (χ0) is 13.5. The highest BCUT2D eigenvalue weighted by Crippen LogP contribution is 2.33. The van der Waals surface area contributed by atoms with Crippen LogP contribution in [0.1, 0.15) is 5.56 Å². The van der Waals surface area contributed by atoms with Gasteiger partial charge in [-0.25, -0.2) is 0 Å². The average molecular weight is 444 g/mol. The van der Waals surface area contributed by atoms with Crippen LogP contribution in [0.4, 0.5) is 0 Å². The van der Waals surface area contributed by atoms with Gasteiger partial charge in [0.1, 0.15) is 0 Å². The number of nitrogens with one attached hydrogen (secondary N) is 2. The average Bonchev–Trinajstić information content (AvgIpc) is 2.40. The molecular formula is C12H19BrIN3O2. The smallest absolute Gasteiger partial charge is 0.190 e. The Labute approximate surface area is 139 Å². The lowest BCUT2D eigenvalue weighted by atomic mass is 10.2. The lowest BCUT2D eigenvalue weighted by molar-refractivity contribution is 0.354. The van der Waals surface area contributed by atoms with Crippen molar-refractivity contribution in [3.63, 3.8) is 0 Å². The molecule has 0 aliphatic rings. The standard InChI is InChI=1S/C12H18BrN3O2.HI/c1-14-12(15-2)16-7-8-5-10(17-3)11(18-4)6-9(8)13;/h5-6H,7H2,1-4H3,(H2,14,15,16);1H. The van der Waals surface area contributed by atoms with Gasteiger partial charge in [-0.2, -0.15) is 0 Å². The molecule has 0 aromatic heterocycles. The van der Waals surface area contributed by atoms with Crippen LogP contribution in [0.5, 0.6) is 11.5 Å². The summed E-state index contributed by atoms with van der Waals surface area (Å²) in [6.07, 6.45) is 0. The third-order valence-corrected chi connectivity index (χ3v) is 3.20. The first-order chi connectivity index (χ1) is 8.65. The summed E-state index contributed by atoms with van der Waals surface area (Å²) in [4.78, 5) is 4.05. The Balaban J connectivity index is 0.00000324. The van der Waals surface area contributed by atoms with Crippen molar-refractivity contribution in [3.8, 4) is 11.5 Å². The fourth-order valence-electron chi connectivity index (χ4n) is 1.49. The molecule has 1 rings (SSSR count).